The van der Waals surface area contributed by atoms with Crippen molar-refractivity contribution in [3.8, 4) is 0 Å². The van der Waals surface area contributed by atoms with E-state index in [1.807, 2.05) is 0 Å². The van der Waals surface area contributed by atoms with E-state index in [-0.39, 0.29) is 5.03 Å². The first-order chi connectivity index (χ1) is 4.61. The van der Waals surface area contributed by atoms with Crippen molar-refractivity contribution in [3.05, 3.63) is 24.4 Å². The summed E-state index contributed by atoms with van der Waals surface area (Å²) in [5.41, 5.74) is 0. The molecule has 53 valence electrons. The maximum Gasteiger partial charge on any atom is 0.192 e. The molecule has 0 N–H and O–H groups in total. The average Bonchev–Trinajstić information content (AvgIpc) is 1.88. The molecule has 0 atom stereocenters. The minimum Gasteiger partial charge on any atom is -0.235 e. The summed E-state index contributed by atoms with van der Waals surface area (Å²) in [6, 6.07) is 4.57. The maximum atomic E-state index is 10.8. The minimum atomic E-state index is -3.15. The molecule has 0 aromatic carbocycles. The van der Waals surface area contributed by atoms with Gasteiger partial charge in [0, 0.05) is 6.26 Å². The van der Waals surface area contributed by atoms with Gasteiger partial charge in [0.05, 0.1) is 6.20 Å². The van der Waals surface area contributed by atoms with Crippen LogP contribution in [0.4, 0.5) is 0 Å². The second-order valence-electron chi connectivity index (χ2n) is 1.88. The lowest BCUT2D eigenvalue weighted by Gasteiger charge is -1.91. The molecule has 4 heteroatoms. The quantitative estimate of drug-likeness (QED) is 0.587. The van der Waals surface area contributed by atoms with Gasteiger partial charge in [-0.05, 0) is 12.1 Å². The zero-order chi connectivity index (χ0) is 7.61. The first-order valence-corrected chi connectivity index (χ1v) is 4.53. The van der Waals surface area contributed by atoms with Gasteiger partial charge < -0.3 is 0 Å². The predicted octanol–water partition coefficient (Wildman–Crippen LogP) is 0.285. The molecule has 0 saturated heterocycles. The van der Waals surface area contributed by atoms with Gasteiger partial charge in [0.1, 0.15) is 0 Å². The van der Waals surface area contributed by atoms with Crippen LogP contribution in [-0.4, -0.2) is 19.7 Å². The summed E-state index contributed by atoms with van der Waals surface area (Å²) in [5, 5.41) is 0.0648. The predicted molar refractivity (Wildman–Crippen MR) is 36.2 cm³/mol. The number of hydrogen-bond donors (Lipinski definition) is 0. The standard InChI is InChI=1S/C6H6NO2S/c1-10(8,9)6-4-2-3-5-7-6/h2-4H,1H3. The van der Waals surface area contributed by atoms with Gasteiger partial charge in [-0.15, -0.1) is 0 Å². The zero-order valence-electron chi connectivity index (χ0n) is 5.40. The second kappa shape index (κ2) is 2.38. The lowest BCUT2D eigenvalue weighted by Crippen LogP contribution is -1.98. The van der Waals surface area contributed by atoms with Crippen LogP contribution in [0.3, 0.4) is 0 Å². The highest BCUT2D eigenvalue weighted by molar-refractivity contribution is 7.90. The summed E-state index contributed by atoms with van der Waals surface area (Å²) in [7, 11) is -3.15. The van der Waals surface area contributed by atoms with Gasteiger partial charge in [-0.1, -0.05) is 6.07 Å². The van der Waals surface area contributed by atoms with Crippen LogP contribution >= 0.6 is 0 Å². The van der Waals surface area contributed by atoms with Crippen LogP contribution in [0.1, 0.15) is 0 Å². The fourth-order valence-corrected chi connectivity index (χ4v) is 1.06. The number of hydrogen-bond acceptors (Lipinski definition) is 3. The molecule has 0 aliphatic heterocycles. The molecule has 0 saturated carbocycles. The SMILES string of the molecule is CS(=O)(=O)c1ccc[c]n1. The highest BCUT2D eigenvalue weighted by Gasteiger charge is 2.05. The van der Waals surface area contributed by atoms with Crippen molar-refractivity contribution in [1.82, 2.24) is 4.98 Å². The van der Waals surface area contributed by atoms with E-state index in [0.717, 1.165) is 6.26 Å². The van der Waals surface area contributed by atoms with Crippen LogP contribution in [0.2, 0.25) is 0 Å². The summed E-state index contributed by atoms with van der Waals surface area (Å²) in [6.45, 7) is 0. The molecule has 0 fully saturated rings. The van der Waals surface area contributed by atoms with Gasteiger partial charge >= 0.3 is 0 Å². The van der Waals surface area contributed by atoms with Crippen molar-refractivity contribution in [2.45, 2.75) is 5.03 Å². The van der Waals surface area contributed by atoms with Gasteiger partial charge in [-0.2, -0.15) is 0 Å². The number of rotatable bonds is 1. The molecule has 1 radical (unpaired) electrons. The average molecular weight is 156 g/mol. The Hall–Kier alpha value is -0.900. The molecule has 0 aliphatic carbocycles. The number of nitrogens with zero attached hydrogens (tertiary/aromatic N) is 1. The Balaban J connectivity index is 3.22. The van der Waals surface area contributed by atoms with E-state index in [1.54, 1.807) is 12.1 Å². The fraction of sp³-hybridized carbons (Fsp3) is 0.167. The van der Waals surface area contributed by atoms with Crippen molar-refractivity contribution < 1.29 is 8.42 Å². The third kappa shape index (κ3) is 1.54. The summed E-state index contributed by atoms with van der Waals surface area (Å²) in [4.78, 5) is 3.54. The first-order valence-electron chi connectivity index (χ1n) is 2.64. The van der Waals surface area contributed by atoms with E-state index < -0.39 is 9.84 Å². The Morgan fingerprint density at radius 3 is 2.60 bits per heavy atom. The van der Waals surface area contributed by atoms with Crippen molar-refractivity contribution in [2.75, 3.05) is 6.26 Å². The van der Waals surface area contributed by atoms with Crippen molar-refractivity contribution >= 4 is 9.84 Å². The van der Waals surface area contributed by atoms with Gasteiger partial charge in [0.25, 0.3) is 0 Å². The van der Waals surface area contributed by atoms with E-state index >= 15 is 0 Å². The maximum absolute atomic E-state index is 10.8. The van der Waals surface area contributed by atoms with Crippen molar-refractivity contribution in [1.29, 1.82) is 0 Å². The Morgan fingerprint density at radius 2 is 2.30 bits per heavy atom. The third-order valence-electron chi connectivity index (χ3n) is 0.964. The van der Waals surface area contributed by atoms with Crippen LogP contribution in [-0.2, 0) is 9.84 Å². The normalized spacial score (nSPS) is 11.3. The van der Waals surface area contributed by atoms with E-state index in [9.17, 15) is 8.42 Å². The molecule has 0 bridgehead atoms. The highest BCUT2D eigenvalue weighted by atomic mass is 32.2. The van der Waals surface area contributed by atoms with Gasteiger partial charge in [-0.3, -0.25) is 0 Å². The van der Waals surface area contributed by atoms with Crippen molar-refractivity contribution in [3.63, 3.8) is 0 Å². The lowest BCUT2D eigenvalue weighted by molar-refractivity contribution is 0.598. The molecule has 0 amide bonds. The Bertz CT molecular complexity index is 304. The Kier molecular flexibility index (Phi) is 1.72. The summed E-state index contributed by atoms with van der Waals surface area (Å²) in [5.74, 6) is 0. The largest absolute Gasteiger partial charge is 0.235 e. The first kappa shape index (κ1) is 7.21. The van der Waals surface area contributed by atoms with Gasteiger partial charge in [0.15, 0.2) is 14.9 Å². The van der Waals surface area contributed by atoms with Crippen LogP contribution in [0.25, 0.3) is 0 Å². The summed E-state index contributed by atoms with van der Waals surface area (Å²) >= 11 is 0. The lowest BCUT2D eigenvalue weighted by atomic mass is 10.5. The van der Waals surface area contributed by atoms with E-state index in [1.165, 1.54) is 6.07 Å². The molecule has 1 rings (SSSR count). The summed E-state index contributed by atoms with van der Waals surface area (Å²) < 4.78 is 21.5. The molecule has 0 spiro atoms. The van der Waals surface area contributed by atoms with Crippen LogP contribution in [0, 0.1) is 6.20 Å². The van der Waals surface area contributed by atoms with E-state index in [0.29, 0.717) is 0 Å². The molecule has 0 aliphatic rings. The molecular formula is C6H6NO2S. The molecule has 0 unspecified atom stereocenters. The summed E-state index contributed by atoms with van der Waals surface area (Å²) in [6.07, 6.45) is 3.55. The number of pyridine rings is 1. The molecule has 1 aromatic rings. The van der Waals surface area contributed by atoms with Crippen molar-refractivity contribution in [2.24, 2.45) is 0 Å². The topological polar surface area (TPSA) is 47.0 Å². The van der Waals surface area contributed by atoms with Crippen LogP contribution in [0.15, 0.2) is 23.2 Å². The molecule has 1 heterocycles. The zero-order valence-corrected chi connectivity index (χ0v) is 6.22. The van der Waals surface area contributed by atoms with E-state index in [2.05, 4.69) is 11.2 Å². The monoisotopic (exact) mass is 156 g/mol. The minimum absolute atomic E-state index is 0.0648. The smallest absolute Gasteiger partial charge is 0.192 e. The van der Waals surface area contributed by atoms with E-state index in [4.69, 9.17) is 0 Å². The third-order valence-corrected chi connectivity index (χ3v) is 1.95. The van der Waals surface area contributed by atoms with Gasteiger partial charge in [-0.25, -0.2) is 13.4 Å². The van der Waals surface area contributed by atoms with Gasteiger partial charge in [0.2, 0.25) is 0 Å². The van der Waals surface area contributed by atoms with Crippen LogP contribution < -0.4 is 0 Å². The highest BCUT2D eigenvalue weighted by Crippen LogP contribution is 2.00. The molecular weight excluding hydrogens is 150 g/mol. The number of aromatic nitrogens is 1. The second-order valence-corrected chi connectivity index (χ2v) is 3.84. The fourth-order valence-electron chi connectivity index (χ4n) is 0.518. The Labute approximate surface area is 59.6 Å². The molecule has 3 nitrogen and oxygen atoms in total. The van der Waals surface area contributed by atoms with Crippen LogP contribution in [0.5, 0.6) is 0 Å². The number of sulfone groups is 1. The Morgan fingerprint density at radius 1 is 1.60 bits per heavy atom. The molecule has 10 heavy (non-hydrogen) atoms. The molecule has 1 aromatic heterocycles.